The maximum absolute atomic E-state index is 5.89. The van der Waals surface area contributed by atoms with Crippen molar-refractivity contribution in [2.24, 2.45) is 0 Å². The standard InChI is InChI=1S/C15H9Br2NO/c16-12-9-18-15-11(14(12)17)7-4-8-13(15)19-10-5-2-1-3-6-10/h1-9H. The van der Waals surface area contributed by atoms with E-state index in [4.69, 9.17) is 4.74 Å². The molecule has 0 saturated carbocycles. The molecule has 0 N–H and O–H groups in total. The molecule has 2 aromatic carbocycles. The number of halogens is 2. The monoisotopic (exact) mass is 377 g/mol. The second-order valence-corrected chi connectivity index (χ2v) is 5.63. The third kappa shape index (κ3) is 2.51. The minimum Gasteiger partial charge on any atom is -0.455 e. The van der Waals surface area contributed by atoms with Gasteiger partial charge in [0.2, 0.25) is 0 Å². The van der Waals surface area contributed by atoms with Gasteiger partial charge < -0.3 is 4.74 Å². The van der Waals surface area contributed by atoms with Crippen LogP contribution >= 0.6 is 31.9 Å². The maximum Gasteiger partial charge on any atom is 0.153 e. The summed E-state index contributed by atoms with van der Waals surface area (Å²) in [5, 5.41) is 1.02. The molecule has 0 amide bonds. The Balaban J connectivity index is 2.12. The van der Waals surface area contributed by atoms with E-state index in [0.29, 0.717) is 0 Å². The molecule has 94 valence electrons. The Morgan fingerprint density at radius 2 is 1.68 bits per heavy atom. The van der Waals surface area contributed by atoms with Gasteiger partial charge in [-0.15, -0.1) is 0 Å². The Kier molecular flexibility index (Phi) is 3.53. The fourth-order valence-corrected chi connectivity index (χ4v) is 2.58. The fraction of sp³-hybridized carbons (Fsp3) is 0. The molecule has 0 unspecified atom stereocenters. The van der Waals surface area contributed by atoms with Gasteiger partial charge >= 0.3 is 0 Å². The second-order valence-electron chi connectivity index (χ2n) is 3.99. The van der Waals surface area contributed by atoms with Crippen LogP contribution in [0, 0.1) is 0 Å². The van der Waals surface area contributed by atoms with E-state index in [0.717, 1.165) is 31.3 Å². The van der Waals surface area contributed by atoms with Crippen molar-refractivity contribution in [3.63, 3.8) is 0 Å². The van der Waals surface area contributed by atoms with Gasteiger partial charge in [0.25, 0.3) is 0 Å². The quantitative estimate of drug-likeness (QED) is 0.583. The van der Waals surface area contributed by atoms with Crippen molar-refractivity contribution < 1.29 is 4.74 Å². The molecular formula is C15H9Br2NO. The predicted molar refractivity (Wildman–Crippen MR) is 83.7 cm³/mol. The number of fused-ring (bicyclic) bond motifs is 1. The Labute approximate surface area is 127 Å². The van der Waals surface area contributed by atoms with Crippen LogP contribution in [0.15, 0.2) is 63.7 Å². The van der Waals surface area contributed by atoms with Gasteiger partial charge in [-0.1, -0.05) is 30.3 Å². The van der Waals surface area contributed by atoms with Gasteiger partial charge in [0.05, 0.1) is 4.47 Å². The summed E-state index contributed by atoms with van der Waals surface area (Å²) in [7, 11) is 0. The predicted octanol–water partition coefficient (Wildman–Crippen LogP) is 5.55. The normalized spacial score (nSPS) is 10.6. The van der Waals surface area contributed by atoms with Crippen LogP contribution in [-0.4, -0.2) is 4.98 Å². The van der Waals surface area contributed by atoms with Gasteiger partial charge in [-0.05, 0) is 50.1 Å². The average Bonchev–Trinajstić information content (AvgIpc) is 2.45. The van der Waals surface area contributed by atoms with Crippen molar-refractivity contribution in [1.29, 1.82) is 0 Å². The van der Waals surface area contributed by atoms with E-state index in [9.17, 15) is 0 Å². The van der Waals surface area contributed by atoms with Gasteiger partial charge in [0, 0.05) is 16.1 Å². The Hall–Kier alpha value is -1.39. The van der Waals surface area contributed by atoms with Crippen LogP contribution in [0.5, 0.6) is 11.5 Å². The molecule has 4 heteroatoms. The van der Waals surface area contributed by atoms with E-state index in [1.54, 1.807) is 6.20 Å². The zero-order valence-electron chi connectivity index (χ0n) is 9.81. The molecule has 0 atom stereocenters. The molecule has 0 saturated heterocycles. The lowest BCUT2D eigenvalue weighted by atomic mass is 10.2. The number of para-hydroxylation sites is 2. The average molecular weight is 379 g/mol. The number of benzene rings is 2. The summed E-state index contributed by atoms with van der Waals surface area (Å²) < 4.78 is 7.80. The van der Waals surface area contributed by atoms with E-state index < -0.39 is 0 Å². The van der Waals surface area contributed by atoms with Crippen molar-refractivity contribution in [3.05, 3.63) is 63.7 Å². The van der Waals surface area contributed by atoms with Gasteiger partial charge in [-0.3, -0.25) is 4.98 Å². The van der Waals surface area contributed by atoms with Crippen LogP contribution < -0.4 is 4.74 Å². The molecule has 0 aliphatic rings. The lowest BCUT2D eigenvalue weighted by molar-refractivity contribution is 0.487. The highest BCUT2D eigenvalue weighted by Crippen LogP contribution is 2.35. The zero-order chi connectivity index (χ0) is 13.2. The smallest absolute Gasteiger partial charge is 0.153 e. The third-order valence-electron chi connectivity index (χ3n) is 2.72. The van der Waals surface area contributed by atoms with Crippen molar-refractivity contribution >= 4 is 42.8 Å². The van der Waals surface area contributed by atoms with Gasteiger partial charge in [0.1, 0.15) is 11.3 Å². The first-order valence-corrected chi connectivity index (χ1v) is 7.30. The maximum atomic E-state index is 5.89. The van der Waals surface area contributed by atoms with Gasteiger partial charge in [-0.25, -0.2) is 0 Å². The molecule has 2 nitrogen and oxygen atoms in total. The molecule has 3 rings (SSSR count). The number of nitrogens with zero attached hydrogens (tertiary/aromatic N) is 1. The van der Waals surface area contributed by atoms with E-state index in [2.05, 4.69) is 36.8 Å². The van der Waals surface area contributed by atoms with Crippen molar-refractivity contribution in [2.75, 3.05) is 0 Å². The molecule has 0 spiro atoms. The lowest BCUT2D eigenvalue weighted by Gasteiger charge is -2.09. The van der Waals surface area contributed by atoms with Gasteiger partial charge in [0.15, 0.2) is 5.75 Å². The molecule has 0 aliphatic carbocycles. The Morgan fingerprint density at radius 1 is 0.895 bits per heavy atom. The van der Waals surface area contributed by atoms with Gasteiger partial charge in [-0.2, -0.15) is 0 Å². The summed E-state index contributed by atoms with van der Waals surface area (Å²) in [5.41, 5.74) is 0.835. The van der Waals surface area contributed by atoms with Crippen molar-refractivity contribution in [1.82, 2.24) is 4.98 Å². The number of hydrogen-bond donors (Lipinski definition) is 0. The minimum absolute atomic E-state index is 0.747. The van der Waals surface area contributed by atoms with Crippen LogP contribution in [0.2, 0.25) is 0 Å². The highest BCUT2D eigenvalue weighted by Gasteiger charge is 2.09. The highest BCUT2D eigenvalue weighted by atomic mass is 79.9. The van der Waals surface area contributed by atoms with Crippen LogP contribution in [-0.2, 0) is 0 Å². The van der Waals surface area contributed by atoms with E-state index in [1.165, 1.54) is 0 Å². The first kappa shape index (κ1) is 12.6. The lowest BCUT2D eigenvalue weighted by Crippen LogP contribution is -1.89. The molecule has 0 radical (unpaired) electrons. The summed E-state index contributed by atoms with van der Waals surface area (Å²) in [4.78, 5) is 4.44. The molecule has 3 aromatic rings. The highest BCUT2D eigenvalue weighted by molar-refractivity contribution is 9.13. The first-order valence-electron chi connectivity index (χ1n) is 5.71. The largest absolute Gasteiger partial charge is 0.455 e. The number of ether oxygens (including phenoxy) is 1. The van der Waals surface area contributed by atoms with E-state index in [-0.39, 0.29) is 0 Å². The summed E-state index contributed by atoms with van der Waals surface area (Å²) >= 11 is 7.02. The summed E-state index contributed by atoms with van der Waals surface area (Å²) in [6.07, 6.45) is 1.77. The molecule has 19 heavy (non-hydrogen) atoms. The molecule has 1 heterocycles. The van der Waals surface area contributed by atoms with Crippen molar-refractivity contribution in [2.45, 2.75) is 0 Å². The van der Waals surface area contributed by atoms with Crippen LogP contribution in [0.1, 0.15) is 0 Å². The Morgan fingerprint density at radius 3 is 2.47 bits per heavy atom. The van der Waals surface area contributed by atoms with Crippen molar-refractivity contribution in [3.8, 4) is 11.5 Å². The molecule has 0 bridgehead atoms. The molecule has 1 aromatic heterocycles. The first-order chi connectivity index (χ1) is 9.25. The number of aromatic nitrogens is 1. The number of pyridine rings is 1. The summed E-state index contributed by atoms with van der Waals surface area (Å²) in [6, 6.07) is 15.6. The third-order valence-corrected chi connectivity index (χ3v) is 4.71. The summed E-state index contributed by atoms with van der Waals surface area (Å²) in [6.45, 7) is 0. The summed E-state index contributed by atoms with van der Waals surface area (Å²) in [5.74, 6) is 1.55. The molecular weight excluding hydrogens is 370 g/mol. The molecule has 0 aliphatic heterocycles. The SMILES string of the molecule is Brc1cnc2c(Oc3ccccc3)cccc2c1Br. The van der Waals surface area contributed by atoms with Crippen LogP contribution in [0.4, 0.5) is 0 Å². The van der Waals surface area contributed by atoms with E-state index in [1.807, 2.05) is 48.5 Å². The van der Waals surface area contributed by atoms with Crippen LogP contribution in [0.25, 0.3) is 10.9 Å². The van der Waals surface area contributed by atoms with E-state index >= 15 is 0 Å². The minimum atomic E-state index is 0.747. The second kappa shape index (κ2) is 5.31. The number of rotatable bonds is 2. The van der Waals surface area contributed by atoms with Crippen LogP contribution in [0.3, 0.4) is 0 Å². The zero-order valence-corrected chi connectivity index (χ0v) is 13.0. The number of hydrogen-bond acceptors (Lipinski definition) is 2. The topological polar surface area (TPSA) is 22.1 Å². The fourth-order valence-electron chi connectivity index (χ4n) is 1.84. The Bertz CT molecular complexity index is 729. The molecule has 0 fully saturated rings.